The van der Waals surface area contributed by atoms with E-state index in [2.05, 4.69) is 10.6 Å². The van der Waals surface area contributed by atoms with Crippen LogP contribution in [0.4, 0.5) is 9.18 Å². The van der Waals surface area contributed by atoms with Crippen LogP contribution >= 0.6 is 0 Å². The van der Waals surface area contributed by atoms with Crippen molar-refractivity contribution in [2.45, 2.75) is 33.0 Å². The maximum Gasteiger partial charge on any atom is 0.200 e. The van der Waals surface area contributed by atoms with Crippen LogP contribution in [0.1, 0.15) is 20.8 Å². The highest BCUT2D eigenvalue weighted by atomic mass is 19.1. The third-order valence-corrected chi connectivity index (χ3v) is 2.28. The molecule has 0 saturated carbocycles. The third kappa shape index (κ3) is 19.3. The molecule has 0 heterocycles. The molecule has 2 radical (unpaired) electrons. The Labute approximate surface area is 134 Å². The largest absolute Gasteiger partial charge is 0.378 e. The number of carbonyl (C=O) groups excluding carboxylic acids is 1. The summed E-state index contributed by atoms with van der Waals surface area (Å²) in [5, 5.41) is 5.14. The molecule has 0 bridgehead atoms. The van der Waals surface area contributed by atoms with Gasteiger partial charge >= 0.3 is 0 Å². The van der Waals surface area contributed by atoms with Gasteiger partial charge in [0.2, 0.25) is 0 Å². The molecule has 0 aliphatic heterocycles. The summed E-state index contributed by atoms with van der Waals surface area (Å²) in [6.07, 6.45) is -1.42. The molecule has 8 heteroatoms. The predicted molar refractivity (Wildman–Crippen MR) is 86.4 cm³/mol. The molecule has 2 unspecified atom stereocenters. The van der Waals surface area contributed by atoms with E-state index < -0.39 is 12.0 Å². The minimum Gasteiger partial charge on any atom is -0.378 e. The quantitative estimate of drug-likeness (QED) is 0.390. The number of hydrogen-bond donors (Lipinski definition) is 2. The van der Waals surface area contributed by atoms with Gasteiger partial charge in [-0.15, -0.1) is 0 Å². The van der Waals surface area contributed by atoms with E-state index >= 15 is 0 Å². The summed E-state index contributed by atoms with van der Waals surface area (Å²) in [5.41, 5.74) is 0. The predicted octanol–water partition coefficient (Wildman–Crippen LogP) is 0.887. The van der Waals surface area contributed by atoms with E-state index in [1.807, 2.05) is 27.8 Å². The van der Waals surface area contributed by atoms with E-state index in [-0.39, 0.29) is 25.9 Å². The van der Waals surface area contributed by atoms with Crippen LogP contribution in [-0.4, -0.2) is 79.1 Å². The Morgan fingerprint density at radius 3 is 2.45 bits per heavy atom. The number of alkyl halides is 1. The Hall–Kier alpha value is -0.695. The number of amides is 1. The van der Waals surface area contributed by atoms with Gasteiger partial charge in [0.15, 0.2) is 13.7 Å². The van der Waals surface area contributed by atoms with Crippen molar-refractivity contribution in [1.82, 2.24) is 10.6 Å². The van der Waals surface area contributed by atoms with E-state index in [1.54, 1.807) is 0 Å². The molecule has 0 rings (SSSR count). The molecular formula is C14H30BFN2O4. The Morgan fingerprint density at radius 2 is 1.86 bits per heavy atom. The Morgan fingerprint density at radius 1 is 1.18 bits per heavy atom. The highest BCUT2D eigenvalue weighted by molar-refractivity contribution is 6.57. The van der Waals surface area contributed by atoms with Crippen molar-refractivity contribution in [1.29, 1.82) is 0 Å². The van der Waals surface area contributed by atoms with E-state index in [0.29, 0.717) is 19.8 Å². The Kier molecular flexibility index (Phi) is 19.7. The van der Waals surface area contributed by atoms with Gasteiger partial charge in [-0.25, -0.2) is 4.39 Å². The van der Waals surface area contributed by atoms with Crippen LogP contribution in [0.3, 0.4) is 0 Å². The topological polar surface area (TPSA) is 68.8 Å². The molecule has 6 nitrogen and oxygen atoms in total. The smallest absolute Gasteiger partial charge is 0.200 e. The van der Waals surface area contributed by atoms with E-state index in [4.69, 9.17) is 22.1 Å². The number of rotatable bonds is 13. The summed E-state index contributed by atoms with van der Waals surface area (Å²) in [6, 6.07) is 0. The van der Waals surface area contributed by atoms with Crippen LogP contribution < -0.4 is 10.6 Å². The van der Waals surface area contributed by atoms with Crippen LogP contribution in [0.25, 0.3) is 0 Å². The second kappa shape index (κ2) is 18.4. The SMILES string of the molecule is CC.[B]C(=O)NCC(F)COCC(C)OCCOCCNC. The lowest BCUT2D eigenvalue weighted by Crippen LogP contribution is -2.32. The summed E-state index contributed by atoms with van der Waals surface area (Å²) in [5.74, 6) is -0.748. The Balaban J connectivity index is 0. The highest BCUT2D eigenvalue weighted by Crippen LogP contribution is 1.96. The van der Waals surface area contributed by atoms with Crippen molar-refractivity contribution >= 4 is 13.7 Å². The lowest BCUT2D eigenvalue weighted by Gasteiger charge is -2.15. The second-order valence-corrected chi connectivity index (χ2v) is 4.28. The van der Waals surface area contributed by atoms with Gasteiger partial charge in [0.1, 0.15) is 6.17 Å². The maximum absolute atomic E-state index is 13.2. The zero-order valence-corrected chi connectivity index (χ0v) is 14.2. The monoisotopic (exact) mass is 320 g/mol. The van der Waals surface area contributed by atoms with E-state index in [0.717, 1.165) is 6.54 Å². The Bertz CT molecular complexity index is 251. The summed E-state index contributed by atoms with van der Waals surface area (Å²) in [7, 11) is 6.68. The minimum atomic E-state index is -1.28. The van der Waals surface area contributed by atoms with Crippen molar-refractivity contribution < 1.29 is 23.4 Å². The molecule has 22 heavy (non-hydrogen) atoms. The summed E-state index contributed by atoms with van der Waals surface area (Å²) in [6.45, 7) is 8.29. The number of ether oxygens (including phenoxy) is 3. The molecule has 1 amide bonds. The molecule has 0 fully saturated rings. The molecule has 0 aromatic heterocycles. The highest BCUT2D eigenvalue weighted by Gasteiger charge is 2.09. The number of carbonyl (C=O) groups is 1. The van der Waals surface area contributed by atoms with Crippen molar-refractivity contribution in [3.05, 3.63) is 0 Å². The maximum atomic E-state index is 13.2. The molecule has 0 aromatic carbocycles. The summed E-state index contributed by atoms with van der Waals surface area (Å²) in [4.78, 5) is 10.4. The molecule has 0 aliphatic rings. The van der Waals surface area contributed by atoms with Gasteiger partial charge in [-0.1, -0.05) is 13.8 Å². The number of nitrogens with one attached hydrogen (secondary N) is 2. The van der Waals surface area contributed by atoms with Gasteiger partial charge < -0.3 is 24.8 Å². The fourth-order valence-electron chi connectivity index (χ4n) is 1.26. The van der Waals surface area contributed by atoms with Crippen LogP contribution in [0.15, 0.2) is 0 Å². The van der Waals surface area contributed by atoms with Crippen molar-refractivity contribution in [3.63, 3.8) is 0 Å². The number of likely N-dealkylation sites (N-methyl/N-ethyl adjacent to an activating group) is 1. The first-order valence-electron chi connectivity index (χ1n) is 7.65. The first-order chi connectivity index (χ1) is 10.6. The number of hydrogen-bond acceptors (Lipinski definition) is 5. The van der Waals surface area contributed by atoms with E-state index in [1.165, 1.54) is 0 Å². The molecular weight excluding hydrogens is 290 g/mol. The molecule has 2 N–H and O–H groups in total. The lowest BCUT2D eigenvalue weighted by molar-refractivity contribution is -0.0370. The average molecular weight is 320 g/mol. The van der Waals surface area contributed by atoms with Gasteiger partial charge in [-0.2, -0.15) is 0 Å². The molecule has 2 atom stereocenters. The van der Waals surface area contributed by atoms with Crippen LogP contribution in [0.5, 0.6) is 0 Å². The van der Waals surface area contributed by atoms with E-state index in [9.17, 15) is 9.18 Å². The standard InChI is InChI=1S/C12H24BFN2O4.C2H6/c1-10(20-6-5-18-4-3-15-2)8-19-9-11(14)7-16-12(13)17;1-2/h10-11,15H,3-9H2,1-2H3,(H,16,17);1-2H3. The average Bonchev–Trinajstić information content (AvgIpc) is 2.50. The second-order valence-electron chi connectivity index (χ2n) is 4.28. The fourth-order valence-corrected chi connectivity index (χ4v) is 1.26. The van der Waals surface area contributed by atoms with Crippen molar-refractivity contribution in [3.8, 4) is 0 Å². The fraction of sp³-hybridized carbons (Fsp3) is 0.929. The van der Waals surface area contributed by atoms with Crippen LogP contribution in [0, 0.1) is 0 Å². The minimum absolute atomic E-state index is 0.105. The zero-order valence-electron chi connectivity index (χ0n) is 14.2. The zero-order chi connectivity index (χ0) is 17.2. The van der Waals surface area contributed by atoms with Crippen LogP contribution in [-0.2, 0) is 14.2 Å². The van der Waals surface area contributed by atoms with Crippen molar-refractivity contribution in [2.24, 2.45) is 0 Å². The molecule has 0 aliphatic carbocycles. The molecule has 0 saturated heterocycles. The first-order valence-corrected chi connectivity index (χ1v) is 7.65. The first kappa shape index (κ1) is 23.6. The van der Waals surface area contributed by atoms with Gasteiger partial charge in [-0.05, 0) is 14.0 Å². The third-order valence-electron chi connectivity index (χ3n) is 2.28. The van der Waals surface area contributed by atoms with Gasteiger partial charge in [0, 0.05) is 6.54 Å². The number of halogens is 1. The lowest BCUT2D eigenvalue weighted by atomic mass is 10.1. The van der Waals surface area contributed by atoms with Gasteiger partial charge in [-0.3, -0.25) is 4.79 Å². The van der Waals surface area contributed by atoms with Gasteiger partial charge in [0.25, 0.3) is 0 Å². The summed E-state index contributed by atoms with van der Waals surface area (Å²) >= 11 is 0. The van der Waals surface area contributed by atoms with Crippen molar-refractivity contribution in [2.75, 3.05) is 53.2 Å². The molecule has 0 aromatic rings. The van der Waals surface area contributed by atoms with Gasteiger partial charge in [0.05, 0.1) is 45.7 Å². The van der Waals surface area contributed by atoms with Crippen LogP contribution in [0.2, 0.25) is 0 Å². The normalized spacial score (nSPS) is 13.0. The summed E-state index contributed by atoms with van der Waals surface area (Å²) < 4.78 is 29.0. The molecule has 0 spiro atoms. The molecule has 130 valence electrons.